The first-order chi connectivity index (χ1) is 9.88. The molecule has 2 atom stereocenters. The first kappa shape index (κ1) is 17.0. The van der Waals surface area contributed by atoms with E-state index in [9.17, 15) is 9.59 Å². The van der Waals surface area contributed by atoms with Crippen LogP contribution < -0.4 is 10.6 Å². The standard InChI is InChI=1S/C16H24N2O3/c1-11(2)9-14(15(19)20)18-16(21)17-12(3)10-13-7-5-4-6-8-13/h4-8,11-12,14H,9-10H2,1-3H3,(H,19,20)(H2,17,18,21)/t12?,14-/m0/s1. The second-order valence-electron chi connectivity index (χ2n) is 5.73. The second kappa shape index (κ2) is 8.29. The molecule has 0 heterocycles. The van der Waals surface area contributed by atoms with Crippen molar-refractivity contribution in [1.82, 2.24) is 10.6 Å². The molecule has 21 heavy (non-hydrogen) atoms. The number of hydrogen-bond donors (Lipinski definition) is 3. The molecule has 1 aromatic carbocycles. The number of carboxylic acids is 1. The number of nitrogens with one attached hydrogen (secondary N) is 2. The number of carboxylic acid groups (broad SMARTS) is 1. The van der Waals surface area contributed by atoms with Crippen molar-refractivity contribution in [3.8, 4) is 0 Å². The molecule has 1 unspecified atom stereocenters. The number of benzene rings is 1. The van der Waals surface area contributed by atoms with Gasteiger partial charge in [0.25, 0.3) is 0 Å². The number of amides is 2. The number of carbonyl (C=O) groups is 2. The highest BCUT2D eigenvalue weighted by atomic mass is 16.4. The smallest absolute Gasteiger partial charge is 0.326 e. The third-order valence-electron chi connectivity index (χ3n) is 3.07. The predicted molar refractivity (Wildman–Crippen MR) is 82.2 cm³/mol. The van der Waals surface area contributed by atoms with Crippen LogP contribution in [0.3, 0.4) is 0 Å². The van der Waals surface area contributed by atoms with Crippen molar-refractivity contribution >= 4 is 12.0 Å². The lowest BCUT2D eigenvalue weighted by atomic mass is 10.0. The van der Waals surface area contributed by atoms with Crippen LogP contribution in [0.5, 0.6) is 0 Å². The van der Waals surface area contributed by atoms with Gasteiger partial charge >= 0.3 is 12.0 Å². The SMILES string of the molecule is CC(C)C[C@H](NC(=O)NC(C)Cc1ccccc1)C(=O)O. The third kappa shape index (κ3) is 6.79. The molecule has 0 saturated heterocycles. The van der Waals surface area contributed by atoms with Crippen LogP contribution in [-0.4, -0.2) is 29.2 Å². The van der Waals surface area contributed by atoms with E-state index >= 15 is 0 Å². The highest BCUT2D eigenvalue weighted by Crippen LogP contribution is 2.05. The van der Waals surface area contributed by atoms with Crippen molar-refractivity contribution in [3.63, 3.8) is 0 Å². The predicted octanol–water partition coefficient (Wildman–Crippen LogP) is 2.42. The summed E-state index contributed by atoms with van der Waals surface area (Å²) < 4.78 is 0. The highest BCUT2D eigenvalue weighted by Gasteiger charge is 2.21. The van der Waals surface area contributed by atoms with Gasteiger partial charge < -0.3 is 15.7 Å². The number of rotatable bonds is 7. The second-order valence-corrected chi connectivity index (χ2v) is 5.73. The Morgan fingerprint density at radius 1 is 1.10 bits per heavy atom. The van der Waals surface area contributed by atoms with Gasteiger partial charge in [-0.2, -0.15) is 0 Å². The Morgan fingerprint density at radius 3 is 2.24 bits per heavy atom. The molecule has 0 spiro atoms. The molecule has 0 radical (unpaired) electrons. The zero-order valence-electron chi connectivity index (χ0n) is 12.8. The number of aliphatic carboxylic acids is 1. The van der Waals surface area contributed by atoms with Crippen LogP contribution in [0.2, 0.25) is 0 Å². The molecule has 0 bridgehead atoms. The lowest BCUT2D eigenvalue weighted by molar-refractivity contribution is -0.139. The van der Waals surface area contributed by atoms with Gasteiger partial charge in [-0.05, 0) is 31.2 Å². The van der Waals surface area contributed by atoms with Crippen LogP contribution in [0.15, 0.2) is 30.3 Å². The maximum Gasteiger partial charge on any atom is 0.326 e. The van der Waals surface area contributed by atoms with Crippen LogP contribution >= 0.6 is 0 Å². The molecule has 0 aromatic heterocycles. The van der Waals surface area contributed by atoms with Crippen LogP contribution in [0, 0.1) is 5.92 Å². The Bertz CT molecular complexity index is 460. The van der Waals surface area contributed by atoms with Crippen molar-refractivity contribution in [1.29, 1.82) is 0 Å². The minimum absolute atomic E-state index is 0.0686. The van der Waals surface area contributed by atoms with Crippen molar-refractivity contribution in [2.75, 3.05) is 0 Å². The first-order valence-corrected chi connectivity index (χ1v) is 7.22. The molecule has 2 amide bonds. The number of carbonyl (C=O) groups excluding carboxylic acids is 1. The largest absolute Gasteiger partial charge is 0.480 e. The third-order valence-corrected chi connectivity index (χ3v) is 3.07. The average molecular weight is 292 g/mol. The Labute approximate surface area is 125 Å². The summed E-state index contributed by atoms with van der Waals surface area (Å²) in [5.74, 6) is -0.803. The lowest BCUT2D eigenvalue weighted by Crippen LogP contribution is -2.49. The van der Waals surface area contributed by atoms with E-state index in [2.05, 4.69) is 10.6 Å². The molecule has 0 aliphatic rings. The average Bonchev–Trinajstić information content (AvgIpc) is 2.38. The van der Waals surface area contributed by atoms with Crippen molar-refractivity contribution in [2.45, 2.75) is 45.7 Å². The van der Waals surface area contributed by atoms with Gasteiger partial charge in [-0.3, -0.25) is 0 Å². The fourth-order valence-electron chi connectivity index (χ4n) is 2.14. The molecule has 1 aromatic rings. The van der Waals surface area contributed by atoms with E-state index in [0.717, 1.165) is 5.56 Å². The van der Waals surface area contributed by atoms with E-state index in [-0.39, 0.29) is 12.0 Å². The summed E-state index contributed by atoms with van der Waals surface area (Å²) in [5, 5.41) is 14.4. The summed E-state index contributed by atoms with van der Waals surface area (Å²) in [6.07, 6.45) is 1.12. The molecule has 0 aliphatic carbocycles. The van der Waals surface area contributed by atoms with Crippen molar-refractivity contribution < 1.29 is 14.7 Å². The number of urea groups is 1. The number of hydrogen-bond acceptors (Lipinski definition) is 2. The molecule has 5 heteroatoms. The Kier molecular flexibility index (Phi) is 6.72. The minimum atomic E-state index is -1.01. The van der Waals surface area contributed by atoms with Gasteiger partial charge in [0.2, 0.25) is 0 Å². The fourth-order valence-corrected chi connectivity index (χ4v) is 2.14. The van der Waals surface area contributed by atoms with Gasteiger partial charge in [-0.25, -0.2) is 9.59 Å². The molecule has 116 valence electrons. The summed E-state index contributed by atoms with van der Waals surface area (Å²) in [6.45, 7) is 5.74. The Morgan fingerprint density at radius 2 is 1.71 bits per heavy atom. The van der Waals surface area contributed by atoms with E-state index < -0.39 is 18.0 Å². The van der Waals surface area contributed by atoms with E-state index in [1.54, 1.807) is 0 Å². The van der Waals surface area contributed by atoms with Gasteiger partial charge in [-0.15, -0.1) is 0 Å². The van der Waals surface area contributed by atoms with Gasteiger partial charge in [0, 0.05) is 6.04 Å². The zero-order valence-corrected chi connectivity index (χ0v) is 12.8. The molecule has 5 nitrogen and oxygen atoms in total. The summed E-state index contributed by atoms with van der Waals surface area (Å²) in [6, 6.07) is 8.47. The molecule has 1 rings (SSSR count). The van der Waals surface area contributed by atoms with Gasteiger partial charge in [0.1, 0.15) is 6.04 Å². The maximum absolute atomic E-state index is 11.9. The van der Waals surface area contributed by atoms with E-state index in [0.29, 0.717) is 12.8 Å². The molecular weight excluding hydrogens is 268 g/mol. The van der Waals surface area contributed by atoms with Crippen molar-refractivity contribution in [3.05, 3.63) is 35.9 Å². The molecule has 0 fully saturated rings. The van der Waals surface area contributed by atoms with Gasteiger partial charge in [-0.1, -0.05) is 44.2 Å². The van der Waals surface area contributed by atoms with E-state index in [1.807, 2.05) is 51.1 Å². The zero-order chi connectivity index (χ0) is 15.8. The van der Waals surface area contributed by atoms with Crippen LogP contribution in [0.25, 0.3) is 0 Å². The Balaban J connectivity index is 2.46. The lowest BCUT2D eigenvalue weighted by Gasteiger charge is -2.19. The van der Waals surface area contributed by atoms with E-state index in [1.165, 1.54) is 0 Å². The highest BCUT2D eigenvalue weighted by molar-refractivity contribution is 5.82. The summed E-state index contributed by atoms with van der Waals surface area (Å²) in [4.78, 5) is 23.0. The quantitative estimate of drug-likeness (QED) is 0.722. The minimum Gasteiger partial charge on any atom is -0.480 e. The Hall–Kier alpha value is -2.04. The van der Waals surface area contributed by atoms with E-state index in [4.69, 9.17) is 5.11 Å². The van der Waals surface area contributed by atoms with Crippen LogP contribution in [0.1, 0.15) is 32.8 Å². The van der Waals surface area contributed by atoms with Gasteiger partial charge in [0.05, 0.1) is 0 Å². The summed E-state index contributed by atoms with van der Waals surface area (Å²) in [7, 11) is 0. The molecule has 0 saturated carbocycles. The topological polar surface area (TPSA) is 78.4 Å². The van der Waals surface area contributed by atoms with Crippen LogP contribution in [0.4, 0.5) is 4.79 Å². The van der Waals surface area contributed by atoms with Crippen LogP contribution in [-0.2, 0) is 11.2 Å². The molecule has 0 aliphatic heterocycles. The monoisotopic (exact) mass is 292 g/mol. The maximum atomic E-state index is 11.9. The first-order valence-electron chi connectivity index (χ1n) is 7.22. The molecule has 3 N–H and O–H groups in total. The fraction of sp³-hybridized carbons (Fsp3) is 0.500. The van der Waals surface area contributed by atoms with Crippen molar-refractivity contribution in [2.24, 2.45) is 5.92 Å². The normalized spacial score (nSPS) is 13.5. The molecular formula is C16H24N2O3. The summed E-state index contributed by atoms with van der Waals surface area (Å²) in [5.41, 5.74) is 1.13. The van der Waals surface area contributed by atoms with Gasteiger partial charge in [0.15, 0.2) is 0 Å². The summed E-state index contributed by atoms with van der Waals surface area (Å²) >= 11 is 0.